The number of nitrogens with one attached hydrogen (secondary N) is 1. The van der Waals surface area contributed by atoms with Crippen molar-refractivity contribution in [3.63, 3.8) is 0 Å². The van der Waals surface area contributed by atoms with Crippen LogP contribution in [0.25, 0.3) is 0 Å². The summed E-state index contributed by atoms with van der Waals surface area (Å²) in [6.45, 7) is 1.94. The molecule has 1 saturated heterocycles. The third kappa shape index (κ3) is 2.48. The number of nitrogens with zero attached hydrogens (tertiary/aromatic N) is 2. The van der Waals surface area contributed by atoms with Gasteiger partial charge in [-0.2, -0.15) is 5.10 Å². The van der Waals surface area contributed by atoms with Crippen molar-refractivity contribution in [3.8, 4) is 5.75 Å². The average molecular weight is 275 g/mol. The highest BCUT2D eigenvalue weighted by molar-refractivity contribution is 5.43. The van der Waals surface area contributed by atoms with Crippen LogP contribution in [0, 0.1) is 5.82 Å². The van der Waals surface area contributed by atoms with Crippen LogP contribution in [0.1, 0.15) is 24.3 Å². The zero-order valence-electron chi connectivity index (χ0n) is 11.5. The summed E-state index contributed by atoms with van der Waals surface area (Å²) in [5, 5.41) is 6.81. The van der Waals surface area contributed by atoms with Gasteiger partial charge in [-0.05, 0) is 36.5 Å². The van der Waals surface area contributed by atoms with Gasteiger partial charge in [0.05, 0.1) is 19.0 Å². The zero-order chi connectivity index (χ0) is 13.9. The Labute approximate surface area is 117 Å². The summed E-state index contributed by atoms with van der Waals surface area (Å²) in [7, 11) is 1.49. The first-order chi connectivity index (χ1) is 9.78. The third-order valence-corrected chi connectivity index (χ3v) is 3.99. The minimum absolute atomic E-state index is 0.276. The molecule has 0 radical (unpaired) electrons. The molecule has 1 N–H and O–H groups in total. The van der Waals surface area contributed by atoms with Crippen LogP contribution in [0.4, 0.5) is 10.1 Å². The molecule has 1 aromatic heterocycles. The normalized spacial score (nSPS) is 16.4. The summed E-state index contributed by atoms with van der Waals surface area (Å²) in [6, 6.07) is 5.30. The van der Waals surface area contributed by atoms with Gasteiger partial charge in [0.1, 0.15) is 0 Å². The number of aromatic nitrogens is 2. The number of aromatic amines is 1. The van der Waals surface area contributed by atoms with Crippen LogP contribution in [-0.4, -0.2) is 30.4 Å². The molecule has 0 unspecified atom stereocenters. The molecular weight excluding hydrogens is 257 g/mol. The summed E-state index contributed by atoms with van der Waals surface area (Å²) in [6.07, 6.45) is 5.80. The molecule has 1 aliphatic heterocycles. The molecule has 2 heterocycles. The maximum Gasteiger partial charge on any atom is 0.165 e. The van der Waals surface area contributed by atoms with Gasteiger partial charge in [-0.1, -0.05) is 6.07 Å². The topological polar surface area (TPSA) is 41.1 Å². The summed E-state index contributed by atoms with van der Waals surface area (Å²) in [5.41, 5.74) is 2.19. The lowest BCUT2D eigenvalue weighted by atomic mass is 9.89. The molecule has 0 aliphatic carbocycles. The Kier molecular flexibility index (Phi) is 3.58. The van der Waals surface area contributed by atoms with Crippen molar-refractivity contribution in [3.05, 3.63) is 42.0 Å². The number of H-pyrrole nitrogens is 1. The van der Waals surface area contributed by atoms with Gasteiger partial charge in [-0.3, -0.25) is 5.10 Å². The van der Waals surface area contributed by atoms with Crippen LogP contribution in [0.5, 0.6) is 5.75 Å². The number of hydrogen-bond acceptors (Lipinski definition) is 3. The largest absolute Gasteiger partial charge is 0.494 e. The standard InChI is InChI=1S/C15H18FN3O/c1-20-15-3-2-12(8-14(15)16)11-4-6-19(7-5-11)13-9-17-18-10-13/h2-3,8-11H,4-7H2,1H3,(H,17,18). The third-order valence-electron chi connectivity index (χ3n) is 3.99. The first-order valence-electron chi connectivity index (χ1n) is 6.85. The second kappa shape index (κ2) is 5.53. The second-order valence-electron chi connectivity index (χ2n) is 5.11. The Morgan fingerprint density at radius 1 is 1.35 bits per heavy atom. The molecule has 3 rings (SSSR count). The van der Waals surface area contributed by atoms with E-state index in [4.69, 9.17) is 4.74 Å². The van der Waals surface area contributed by atoms with Crippen LogP contribution in [-0.2, 0) is 0 Å². The number of methoxy groups -OCH3 is 1. The van der Waals surface area contributed by atoms with Crippen molar-refractivity contribution in [2.45, 2.75) is 18.8 Å². The molecule has 0 bridgehead atoms. The van der Waals surface area contributed by atoms with E-state index in [1.54, 1.807) is 12.1 Å². The monoisotopic (exact) mass is 275 g/mol. The summed E-state index contributed by atoms with van der Waals surface area (Å²) in [5.74, 6) is 0.449. The minimum Gasteiger partial charge on any atom is -0.494 e. The van der Waals surface area contributed by atoms with E-state index < -0.39 is 0 Å². The van der Waals surface area contributed by atoms with E-state index >= 15 is 0 Å². The van der Waals surface area contributed by atoms with Crippen LogP contribution in [0.3, 0.4) is 0 Å². The van der Waals surface area contributed by atoms with Gasteiger partial charge in [0.2, 0.25) is 0 Å². The van der Waals surface area contributed by atoms with Gasteiger partial charge >= 0.3 is 0 Å². The molecule has 106 valence electrons. The predicted molar refractivity (Wildman–Crippen MR) is 75.7 cm³/mol. The van der Waals surface area contributed by atoms with Crippen LogP contribution >= 0.6 is 0 Å². The highest BCUT2D eigenvalue weighted by Gasteiger charge is 2.22. The zero-order valence-corrected chi connectivity index (χ0v) is 11.5. The molecule has 4 nitrogen and oxygen atoms in total. The SMILES string of the molecule is COc1ccc(C2CCN(c3cn[nH]c3)CC2)cc1F. The number of anilines is 1. The number of benzene rings is 1. The molecule has 1 aliphatic rings. The quantitative estimate of drug-likeness (QED) is 0.936. The lowest BCUT2D eigenvalue weighted by molar-refractivity contribution is 0.385. The van der Waals surface area contributed by atoms with E-state index in [9.17, 15) is 4.39 Å². The van der Waals surface area contributed by atoms with Crippen molar-refractivity contribution in [2.75, 3.05) is 25.1 Å². The van der Waals surface area contributed by atoms with E-state index in [-0.39, 0.29) is 5.82 Å². The van der Waals surface area contributed by atoms with Crippen molar-refractivity contribution in [2.24, 2.45) is 0 Å². The van der Waals surface area contributed by atoms with Crippen molar-refractivity contribution in [1.82, 2.24) is 10.2 Å². The first kappa shape index (κ1) is 13.0. The molecule has 0 atom stereocenters. The molecule has 1 aromatic carbocycles. The Bertz CT molecular complexity index is 563. The number of piperidine rings is 1. The Balaban J connectivity index is 1.67. The fraction of sp³-hybridized carbons (Fsp3) is 0.400. The molecule has 0 saturated carbocycles. The minimum atomic E-state index is -0.276. The van der Waals surface area contributed by atoms with Crippen LogP contribution < -0.4 is 9.64 Å². The number of ether oxygens (including phenoxy) is 1. The number of rotatable bonds is 3. The maximum atomic E-state index is 13.8. The summed E-state index contributed by atoms with van der Waals surface area (Å²) < 4.78 is 18.7. The van der Waals surface area contributed by atoms with Crippen molar-refractivity contribution >= 4 is 5.69 Å². The fourth-order valence-electron chi connectivity index (χ4n) is 2.82. The van der Waals surface area contributed by atoms with Gasteiger partial charge in [-0.15, -0.1) is 0 Å². The summed E-state index contributed by atoms with van der Waals surface area (Å²) >= 11 is 0. The Morgan fingerprint density at radius 3 is 2.75 bits per heavy atom. The highest BCUT2D eigenvalue weighted by Crippen LogP contribution is 2.32. The van der Waals surface area contributed by atoms with E-state index in [2.05, 4.69) is 15.1 Å². The van der Waals surface area contributed by atoms with E-state index in [0.717, 1.165) is 37.2 Å². The summed E-state index contributed by atoms with van der Waals surface area (Å²) in [4.78, 5) is 2.31. The highest BCUT2D eigenvalue weighted by atomic mass is 19.1. The lowest BCUT2D eigenvalue weighted by Crippen LogP contribution is -2.32. The van der Waals surface area contributed by atoms with Crippen molar-refractivity contribution in [1.29, 1.82) is 0 Å². The maximum absolute atomic E-state index is 13.8. The Morgan fingerprint density at radius 2 is 2.15 bits per heavy atom. The average Bonchev–Trinajstić information content (AvgIpc) is 3.01. The van der Waals surface area contributed by atoms with Gasteiger partial charge < -0.3 is 9.64 Å². The molecule has 1 fully saturated rings. The smallest absolute Gasteiger partial charge is 0.165 e. The van der Waals surface area contributed by atoms with E-state index in [1.807, 2.05) is 18.5 Å². The Hall–Kier alpha value is -2.04. The number of hydrogen-bond donors (Lipinski definition) is 1. The van der Waals surface area contributed by atoms with Crippen molar-refractivity contribution < 1.29 is 9.13 Å². The molecule has 0 spiro atoms. The molecule has 20 heavy (non-hydrogen) atoms. The fourth-order valence-corrected chi connectivity index (χ4v) is 2.82. The van der Waals surface area contributed by atoms with Gasteiger partial charge in [0.15, 0.2) is 11.6 Å². The van der Waals surface area contributed by atoms with E-state index in [0.29, 0.717) is 11.7 Å². The lowest BCUT2D eigenvalue weighted by Gasteiger charge is -2.32. The molecule has 5 heteroatoms. The van der Waals surface area contributed by atoms with Gasteiger partial charge in [0, 0.05) is 19.3 Å². The van der Waals surface area contributed by atoms with Gasteiger partial charge in [-0.25, -0.2) is 4.39 Å². The second-order valence-corrected chi connectivity index (χ2v) is 5.11. The molecular formula is C15H18FN3O. The number of halogens is 1. The van der Waals surface area contributed by atoms with Gasteiger partial charge in [0.25, 0.3) is 0 Å². The molecule has 2 aromatic rings. The predicted octanol–water partition coefficient (Wildman–Crippen LogP) is 2.94. The molecule has 0 amide bonds. The first-order valence-corrected chi connectivity index (χ1v) is 6.85. The van der Waals surface area contributed by atoms with Crippen LogP contribution in [0.2, 0.25) is 0 Å². The van der Waals surface area contributed by atoms with E-state index in [1.165, 1.54) is 7.11 Å². The van der Waals surface area contributed by atoms with Crippen LogP contribution in [0.15, 0.2) is 30.6 Å².